The van der Waals surface area contributed by atoms with E-state index in [0.29, 0.717) is 0 Å². The lowest BCUT2D eigenvalue weighted by molar-refractivity contribution is 0.0447. The van der Waals surface area contributed by atoms with Gasteiger partial charge in [-0.2, -0.15) is 0 Å². The molecule has 3 nitrogen and oxygen atoms in total. The van der Waals surface area contributed by atoms with Crippen LogP contribution in [0.3, 0.4) is 0 Å². The minimum Gasteiger partial charge on any atom is -0.496 e. The second-order valence-corrected chi connectivity index (χ2v) is 6.36. The van der Waals surface area contributed by atoms with E-state index in [4.69, 9.17) is 4.74 Å². The molecule has 0 unspecified atom stereocenters. The first-order chi connectivity index (χ1) is 9.48. The lowest BCUT2D eigenvalue weighted by atomic mass is 9.89. The van der Waals surface area contributed by atoms with E-state index in [9.17, 15) is 0 Å². The molecule has 1 heterocycles. The third-order valence-corrected chi connectivity index (χ3v) is 4.73. The molecule has 0 radical (unpaired) electrons. The Morgan fingerprint density at radius 1 is 1.30 bits per heavy atom. The lowest BCUT2D eigenvalue weighted by Crippen LogP contribution is -2.53. The Hall–Kier alpha value is -1.06. The number of likely N-dealkylation sites (tertiary alicyclic amines) is 1. The van der Waals surface area contributed by atoms with E-state index < -0.39 is 0 Å². The van der Waals surface area contributed by atoms with Crippen molar-refractivity contribution in [1.82, 2.24) is 9.80 Å². The van der Waals surface area contributed by atoms with Crippen LogP contribution in [0.2, 0.25) is 0 Å². The van der Waals surface area contributed by atoms with Crippen LogP contribution in [0.25, 0.3) is 0 Å². The van der Waals surface area contributed by atoms with Crippen molar-refractivity contribution in [3.63, 3.8) is 0 Å². The molecule has 0 atom stereocenters. The number of para-hydroxylation sites is 1. The van der Waals surface area contributed by atoms with E-state index in [0.717, 1.165) is 18.2 Å². The molecule has 1 aliphatic rings. The van der Waals surface area contributed by atoms with Gasteiger partial charge in [-0.3, -0.25) is 4.90 Å². The van der Waals surface area contributed by atoms with Crippen molar-refractivity contribution in [2.24, 2.45) is 5.92 Å². The standard InChI is InChI=1S/C17H28N2O/c1-6-19-12-14(13-19)11-18(4)17(2,3)15-9-7-8-10-16(15)20-5/h7-10,14H,6,11-13H2,1-5H3. The first kappa shape index (κ1) is 15.3. The zero-order valence-corrected chi connectivity index (χ0v) is 13.5. The molecule has 3 heteroatoms. The second kappa shape index (κ2) is 6.15. The largest absolute Gasteiger partial charge is 0.496 e. The average molecular weight is 276 g/mol. The summed E-state index contributed by atoms with van der Waals surface area (Å²) in [6.45, 7) is 11.6. The van der Waals surface area contributed by atoms with E-state index in [2.05, 4.69) is 49.8 Å². The number of ether oxygens (including phenoxy) is 1. The Kier molecular flexibility index (Phi) is 4.71. The molecule has 0 aromatic heterocycles. The fraction of sp³-hybridized carbons (Fsp3) is 0.647. The van der Waals surface area contributed by atoms with Crippen molar-refractivity contribution in [3.8, 4) is 5.75 Å². The SMILES string of the molecule is CCN1CC(CN(C)C(C)(C)c2ccccc2OC)C1. The van der Waals surface area contributed by atoms with Crippen LogP contribution in [0.15, 0.2) is 24.3 Å². The third kappa shape index (κ3) is 2.99. The number of hydrogen-bond acceptors (Lipinski definition) is 3. The molecule has 0 bridgehead atoms. The number of rotatable bonds is 6. The summed E-state index contributed by atoms with van der Waals surface area (Å²) in [6.07, 6.45) is 0. The van der Waals surface area contributed by atoms with E-state index in [1.807, 2.05) is 12.1 Å². The van der Waals surface area contributed by atoms with Gasteiger partial charge in [0.05, 0.1) is 7.11 Å². The number of nitrogens with zero attached hydrogens (tertiary/aromatic N) is 2. The van der Waals surface area contributed by atoms with E-state index in [1.165, 1.54) is 25.2 Å². The van der Waals surface area contributed by atoms with Crippen LogP contribution < -0.4 is 4.74 Å². The van der Waals surface area contributed by atoms with Gasteiger partial charge in [-0.25, -0.2) is 0 Å². The highest BCUT2D eigenvalue weighted by molar-refractivity contribution is 5.38. The minimum atomic E-state index is -0.0146. The van der Waals surface area contributed by atoms with Crippen LogP contribution in [-0.2, 0) is 5.54 Å². The summed E-state index contributed by atoms with van der Waals surface area (Å²) in [5, 5.41) is 0. The summed E-state index contributed by atoms with van der Waals surface area (Å²) in [7, 11) is 3.97. The van der Waals surface area contributed by atoms with Crippen molar-refractivity contribution in [2.75, 3.05) is 40.3 Å². The Bertz CT molecular complexity index is 438. The van der Waals surface area contributed by atoms with Crippen LogP contribution in [0, 0.1) is 5.92 Å². The van der Waals surface area contributed by atoms with Crippen LogP contribution in [0.5, 0.6) is 5.75 Å². The zero-order valence-electron chi connectivity index (χ0n) is 13.5. The Morgan fingerprint density at radius 2 is 1.95 bits per heavy atom. The monoisotopic (exact) mass is 276 g/mol. The van der Waals surface area contributed by atoms with Crippen LogP contribution >= 0.6 is 0 Å². The lowest BCUT2D eigenvalue weighted by Gasteiger charge is -2.44. The molecule has 1 aromatic carbocycles. The van der Waals surface area contributed by atoms with Crippen LogP contribution in [0.4, 0.5) is 0 Å². The molecule has 1 saturated heterocycles. The van der Waals surface area contributed by atoms with Crippen molar-refractivity contribution in [1.29, 1.82) is 0 Å². The maximum atomic E-state index is 5.53. The van der Waals surface area contributed by atoms with Crippen molar-refractivity contribution in [3.05, 3.63) is 29.8 Å². The maximum absolute atomic E-state index is 5.53. The van der Waals surface area contributed by atoms with Gasteiger partial charge in [0.15, 0.2) is 0 Å². The smallest absolute Gasteiger partial charge is 0.123 e. The third-order valence-electron chi connectivity index (χ3n) is 4.73. The molecule has 1 fully saturated rings. The molecule has 1 aliphatic heterocycles. The average Bonchev–Trinajstić information content (AvgIpc) is 2.41. The van der Waals surface area contributed by atoms with Gasteiger partial charge in [-0.15, -0.1) is 0 Å². The topological polar surface area (TPSA) is 15.7 Å². The molecular weight excluding hydrogens is 248 g/mol. The Morgan fingerprint density at radius 3 is 2.55 bits per heavy atom. The van der Waals surface area contributed by atoms with Gasteiger partial charge in [0, 0.05) is 30.7 Å². The summed E-state index contributed by atoms with van der Waals surface area (Å²) >= 11 is 0. The van der Waals surface area contributed by atoms with Gasteiger partial charge in [0.25, 0.3) is 0 Å². The first-order valence-corrected chi connectivity index (χ1v) is 7.56. The summed E-state index contributed by atoms with van der Waals surface area (Å²) in [4.78, 5) is 4.96. The number of hydrogen-bond donors (Lipinski definition) is 0. The molecule has 0 saturated carbocycles. The molecule has 0 spiro atoms. The summed E-state index contributed by atoms with van der Waals surface area (Å²) in [5.74, 6) is 1.78. The molecular formula is C17H28N2O. The van der Waals surface area contributed by atoms with E-state index in [1.54, 1.807) is 7.11 Å². The zero-order chi connectivity index (χ0) is 14.8. The predicted molar refractivity (Wildman–Crippen MR) is 84.3 cm³/mol. The van der Waals surface area contributed by atoms with Crippen molar-refractivity contribution >= 4 is 0 Å². The van der Waals surface area contributed by atoms with Gasteiger partial charge >= 0.3 is 0 Å². The highest BCUT2D eigenvalue weighted by Gasteiger charge is 2.33. The second-order valence-electron chi connectivity index (χ2n) is 6.36. The fourth-order valence-electron chi connectivity index (χ4n) is 3.02. The summed E-state index contributed by atoms with van der Waals surface area (Å²) in [6, 6.07) is 8.35. The van der Waals surface area contributed by atoms with Crippen molar-refractivity contribution in [2.45, 2.75) is 26.3 Å². The van der Waals surface area contributed by atoms with E-state index in [-0.39, 0.29) is 5.54 Å². The van der Waals surface area contributed by atoms with E-state index >= 15 is 0 Å². The van der Waals surface area contributed by atoms with Crippen molar-refractivity contribution < 1.29 is 4.74 Å². The molecule has 0 aliphatic carbocycles. The Balaban J connectivity index is 2.05. The fourth-order valence-corrected chi connectivity index (χ4v) is 3.02. The summed E-state index contributed by atoms with van der Waals surface area (Å²) < 4.78 is 5.53. The van der Waals surface area contributed by atoms with Gasteiger partial charge in [-0.1, -0.05) is 25.1 Å². The molecule has 2 rings (SSSR count). The number of methoxy groups -OCH3 is 1. The van der Waals surface area contributed by atoms with Gasteiger partial charge < -0.3 is 9.64 Å². The molecule has 0 amide bonds. The van der Waals surface area contributed by atoms with Crippen LogP contribution in [0.1, 0.15) is 26.3 Å². The normalized spacial score (nSPS) is 17.3. The van der Waals surface area contributed by atoms with Gasteiger partial charge in [-0.05, 0) is 39.4 Å². The number of benzene rings is 1. The Labute approximate surface area is 123 Å². The molecule has 112 valence electrons. The predicted octanol–water partition coefficient (Wildman–Crippen LogP) is 2.81. The first-order valence-electron chi connectivity index (χ1n) is 7.56. The van der Waals surface area contributed by atoms with Gasteiger partial charge in [0.1, 0.15) is 5.75 Å². The molecule has 0 N–H and O–H groups in total. The quantitative estimate of drug-likeness (QED) is 0.794. The molecule has 1 aromatic rings. The minimum absolute atomic E-state index is 0.0146. The highest BCUT2D eigenvalue weighted by Crippen LogP contribution is 2.34. The maximum Gasteiger partial charge on any atom is 0.123 e. The van der Waals surface area contributed by atoms with Gasteiger partial charge in [0.2, 0.25) is 0 Å². The summed E-state index contributed by atoms with van der Waals surface area (Å²) in [5.41, 5.74) is 1.25. The highest BCUT2D eigenvalue weighted by atomic mass is 16.5. The molecule has 20 heavy (non-hydrogen) atoms. The van der Waals surface area contributed by atoms with Crippen LogP contribution in [-0.4, -0.2) is 50.1 Å².